The highest BCUT2D eigenvalue weighted by atomic mass is 35.6. The van der Waals surface area contributed by atoms with Crippen LogP contribution in [0.15, 0.2) is 48.5 Å². The first-order valence-corrected chi connectivity index (χ1v) is 10.5. The fourth-order valence-corrected chi connectivity index (χ4v) is 2.96. The first kappa shape index (κ1) is 24.9. The summed E-state index contributed by atoms with van der Waals surface area (Å²) in [6.45, 7) is 1.71. The van der Waals surface area contributed by atoms with E-state index in [4.69, 9.17) is 51.8 Å². The summed E-state index contributed by atoms with van der Waals surface area (Å²) in [6, 6.07) is 13.2. The van der Waals surface area contributed by atoms with Gasteiger partial charge < -0.3 is 20.7 Å². The van der Waals surface area contributed by atoms with Crippen molar-refractivity contribution in [2.24, 2.45) is 0 Å². The number of para-hydroxylation sites is 2. The van der Waals surface area contributed by atoms with Crippen LogP contribution in [0.3, 0.4) is 0 Å². The first-order chi connectivity index (χ1) is 14.6. The number of benzene rings is 2. The second-order valence-corrected chi connectivity index (χ2v) is 8.98. The maximum Gasteiger partial charge on any atom is 0.292 e. The van der Waals surface area contributed by atoms with Crippen LogP contribution in [0.5, 0.6) is 5.75 Å². The van der Waals surface area contributed by atoms with Crippen molar-refractivity contribution < 1.29 is 14.5 Å². The summed E-state index contributed by atoms with van der Waals surface area (Å²) in [5.41, 5.74) is 1.08. The number of hydrogen-bond acceptors (Lipinski definition) is 5. The fraction of sp³-hybridized carbons (Fsp3) is 0.263. The summed E-state index contributed by atoms with van der Waals surface area (Å²) in [7, 11) is 0. The molecule has 0 radical (unpaired) electrons. The quantitative estimate of drug-likeness (QED) is 0.161. The van der Waals surface area contributed by atoms with Gasteiger partial charge in [-0.05, 0) is 42.4 Å². The maximum atomic E-state index is 12.3. The molecule has 0 aliphatic rings. The smallest absolute Gasteiger partial charge is 0.292 e. The minimum atomic E-state index is -1.98. The molecular weight excluding hydrogens is 487 g/mol. The zero-order valence-electron chi connectivity index (χ0n) is 16.2. The summed E-state index contributed by atoms with van der Waals surface area (Å²) in [5, 5.41) is 18.8. The van der Waals surface area contributed by atoms with Gasteiger partial charge in [0, 0.05) is 6.07 Å². The Hall–Kier alpha value is -2.33. The summed E-state index contributed by atoms with van der Waals surface area (Å²) in [4.78, 5) is 22.8. The molecule has 0 aliphatic carbocycles. The molecule has 12 heteroatoms. The minimum absolute atomic E-state index is 0.0954. The monoisotopic (exact) mass is 504 g/mol. The number of ether oxygens (including phenoxy) is 1. The van der Waals surface area contributed by atoms with Crippen LogP contribution in [0.1, 0.15) is 12.5 Å². The SMILES string of the molecule is CCc1ccc(OCC(=O)N[C@@H](NC(=S)Nc2ccccc2[N+](=O)[O-])C(Cl)(Cl)Cl)cc1. The molecule has 2 aromatic carbocycles. The lowest BCUT2D eigenvalue weighted by Crippen LogP contribution is -2.57. The molecule has 1 amide bonds. The second-order valence-electron chi connectivity index (χ2n) is 6.20. The molecular formula is C19H19Cl3N4O4S. The zero-order valence-corrected chi connectivity index (χ0v) is 19.3. The number of aryl methyl sites for hydroxylation is 1. The zero-order chi connectivity index (χ0) is 23.0. The number of carbonyl (C=O) groups excluding carboxylic acids is 1. The number of amides is 1. The van der Waals surface area contributed by atoms with Crippen LogP contribution in [0.4, 0.5) is 11.4 Å². The number of thiocarbonyl (C=S) groups is 1. The largest absolute Gasteiger partial charge is 0.484 e. The number of anilines is 1. The van der Waals surface area contributed by atoms with Gasteiger partial charge in [0.1, 0.15) is 17.6 Å². The van der Waals surface area contributed by atoms with Crippen molar-refractivity contribution in [1.82, 2.24) is 10.6 Å². The Kier molecular flexibility index (Phi) is 9.12. The molecule has 0 fully saturated rings. The van der Waals surface area contributed by atoms with Gasteiger partial charge >= 0.3 is 0 Å². The maximum absolute atomic E-state index is 12.3. The molecule has 3 N–H and O–H groups in total. The summed E-state index contributed by atoms with van der Waals surface area (Å²) < 4.78 is 3.45. The Balaban J connectivity index is 1.97. The number of alkyl halides is 3. The van der Waals surface area contributed by atoms with Gasteiger partial charge in [0.2, 0.25) is 3.79 Å². The molecule has 0 aliphatic heterocycles. The van der Waals surface area contributed by atoms with Gasteiger partial charge in [0.25, 0.3) is 11.6 Å². The van der Waals surface area contributed by atoms with Crippen molar-refractivity contribution in [3.05, 3.63) is 64.2 Å². The second kappa shape index (κ2) is 11.3. The van der Waals surface area contributed by atoms with Crippen LogP contribution in [0.2, 0.25) is 0 Å². The number of nitro benzene ring substituents is 1. The molecule has 2 aromatic rings. The van der Waals surface area contributed by atoms with E-state index in [1.54, 1.807) is 18.2 Å². The molecule has 0 saturated heterocycles. The normalized spacial score (nSPS) is 11.9. The predicted octanol–water partition coefficient (Wildman–Crippen LogP) is 4.34. The Morgan fingerprint density at radius 1 is 1.16 bits per heavy atom. The van der Waals surface area contributed by atoms with E-state index in [0.29, 0.717) is 5.75 Å². The highest BCUT2D eigenvalue weighted by Crippen LogP contribution is 2.29. The van der Waals surface area contributed by atoms with E-state index >= 15 is 0 Å². The lowest BCUT2D eigenvalue weighted by atomic mass is 10.2. The summed E-state index contributed by atoms with van der Waals surface area (Å²) in [6.07, 6.45) is -0.351. The average Bonchev–Trinajstić information content (AvgIpc) is 2.71. The molecule has 0 aromatic heterocycles. The molecule has 0 unspecified atom stereocenters. The van der Waals surface area contributed by atoms with E-state index in [-0.39, 0.29) is 23.1 Å². The van der Waals surface area contributed by atoms with E-state index in [9.17, 15) is 14.9 Å². The number of rotatable bonds is 8. The van der Waals surface area contributed by atoms with Gasteiger partial charge in [0.15, 0.2) is 11.7 Å². The van der Waals surface area contributed by atoms with Gasteiger partial charge in [-0.15, -0.1) is 0 Å². The first-order valence-electron chi connectivity index (χ1n) is 8.99. The lowest BCUT2D eigenvalue weighted by Gasteiger charge is -2.27. The van der Waals surface area contributed by atoms with Gasteiger partial charge in [-0.3, -0.25) is 14.9 Å². The Morgan fingerprint density at radius 2 is 1.81 bits per heavy atom. The molecule has 0 heterocycles. The van der Waals surface area contributed by atoms with Gasteiger partial charge in [-0.25, -0.2) is 0 Å². The van der Waals surface area contributed by atoms with Crippen molar-refractivity contribution in [3.63, 3.8) is 0 Å². The Labute approximate surface area is 199 Å². The molecule has 0 spiro atoms. The van der Waals surface area contributed by atoms with E-state index in [0.717, 1.165) is 12.0 Å². The van der Waals surface area contributed by atoms with Crippen LogP contribution in [-0.2, 0) is 11.2 Å². The van der Waals surface area contributed by atoms with Gasteiger partial charge in [-0.1, -0.05) is 66.0 Å². The predicted molar refractivity (Wildman–Crippen MR) is 126 cm³/mol. The third kappa shape index (κ3) is 8.02. The van der Waals surface area contributed by atoms with E-state index in [1.165, 1.54) is 18.2 Å². The molecule has 1 atom stereocenters. The van der Waals surface area contributed by atoms with Crippen molar-refractivity contribution >= 4 is 69.4 Å². The third-order valence-corrected chi connectivity index (χ3v) is 4.83. The number of carbonyl (C=O) groups is 1. The van der Waals surface area contributed by atoms with Crippen LogP contribution >= 0.6 is 47.0 Å². The third-order valence-electron chi connectivity index (χ3n) is 3.96. The van der Waals surface area contributed by atoms with Crippen molar-refractivity contribution in [2.45, 2.75) is 23.3 Å². The number of nitrogens with zero attached hydrogens (tertiary/aromatic N) is 1. The minimum Gasteiger partial charge on any atom is -0.484 e. The Morgan fingerprint density at radius 3 is 2.39 bits per heavy atom. The van der Waals surface area contributed by atoms with Crippen molar-refractivity contribution in [1.29, 1.82) is 0 Å². The number of hydrogen-bond donors (Lipinski definition) is 3. The highest BCUT2D eigenvalue weighted by molar-refractivity contribution is 7.80. The van der Waals surface area contributed by atoms with Crippen LogP contribution in [0, 0.1) is 10.1 Å². The number of nitrogens with one attached hydrogen (secondary N) is 3. The standard InChI is InChI=1S/C19H19Cl3N4O4S/c1-2-12-7-9-13(10-8-12)30-11-16(27)24-17(19(20,21)22)25-18(31)23-14-5-3-4-6-15(14)26(28)29/h3-10,17H,2,11H2,1H3,(H,24,27)(H2,23,25,31)/t17-/m0/s1. The fourth-order valence-electron chi connectivity index (χ4n) is 2.40. The summed E-state index contributed by atoms with van der Waals surface area (Å²) in [5.74, 6) is -0.0591. The molecule has 2 rings (SSSR count). The molecule has 0 bridgehead atoms. The van der Waals surface area contributed by atoms with Crippen LogP contribution < -0.4 is 20.7 Å². The average molecular weight is 506 g/mol. The number of halogens is 3. The molecule has 8 nitrogen and oxygen atoms in total. The van der Waals surface area contributed by atoms with E-state index in [2.05, 4.69) is 16.0 Å². The molecule has 0 saturated carbocycles. The van der Waals surface area contributed by atoms with Gasteiger partial charge in [0.05, 0.1) is 4.92 Å². The van der Waals surface area contributed by atoms with E-state index < -0.39 is 20.8 Å². The van der Waals surface area contributed by atoms with Gasteiger partial charge in [-0.2, -0.15) is 0 Å². The highest BCUT2D eigenvalue weighted by Gasteiger charge is 2.35. The Bertz CT molecular complexity index is 938. The van der Waals surface area contributed by atoms with Crippen LogP contribution in [0.25, 0.3) is 0 Å². The molecule has 166 valence electrons. The molecule has 31 heavy (non-hydrogen) atoms. The van der Waals surface area contributed by atoms with Crippen molar-refractivity contribution in [3.8, 4) is 5.75 Å². The lowest BCUT2D eigenvalue weighted by molar-refractivity contribution is -0.383. The van der Waals surface area contributed by atoms with E-state index in [1.807, 2.05) is 19.1 Å². The van der Waals surface area contributed by atoms with Crippen molar-refractivity contribution in [2.75, 3.05) is 11.9 Å². The topological polar surface area (TPSA) is 106 Å². The summed E-state index contributed by atoms with van der Waals surface area (Å²) >= 11 is 23.0. The van der Waals surface area contributed by atoms with Crippen LogP contribution in [-0.4, -0.2) is 32.5 Å². The number of nitro groups is 1.